The molecule has 1 aliphatic heterocycles. The van der Waals surface area contributed by atoms with E-state index in [1.165, 1.54) is 0 Å². The zero-order valence-electron chi connectivity index (χ0n) is 7.71. The molecule has 0 amide bonds. The van der Waals surface area contributed by atoms with Gasteiger partial charge in [-0.15, -0.1) is 0 Å². The lowest BCUT2D eigenvalue weighted by molar-refractivity contribution is 0.612. The molecule has 3 nitrogen and oxygen atoms in total. The van der Waals surface area contributed by atoms with Gasteiger partial charge in [0.25, 0.3) is 0 Å². The Bertz CT molecular complexity index is 409. The van der Waals surface area contributed by atoms with Gasteiger partial charge in [0, 0.05) is 11.9 Å². The van der Waals surface area contributed by atoms with E-state index in [-0.39, 0.29) is 11.1 Å². The summed E-state index contributed by atoms with van der Waals surface area (Å²) >= 11 is 1.61. The van der Waals surface area contributed by atoms with Gasteiger partial charge in [-0.3, -0.25) is 0 Å². The topological polar surface area (TPSA) is 37.4 Å². The van der Waals surface area contributed by atoms with Crippen molar-refractivity contribution < 1.29 is 8.42 Å². The maximum absolute atomic E-state index is 10.6. The molecule has 14 heavy (non-hydrogen) atoms. The van der Waals surface area contributed by atoms with Gasteiger partial charge >= 0.3 is 0 Å². The van der Waals surface area contributed by atoms with Crippen molar-refractivity contribution in [2.75, 3.05) is 17.7 Å². The standard InChI is InChI=1S/C9H11NO2S2/c1-10-7-4-2-3-5-8(7)13-9(10)6-14(11)12/h2-5,9,14H,6H2,1H3. The van der Waals surface area contributed by atoms with Gasteiger partial charge in [0.2, 0.25) is 0 Å². The highest BCUT2D eigenvalue weighted by Crippen LogP contribution is 2.41. The van der Waals surface area contributed by atoms with Crippen LogP contribution >= 0.6 is 11.8 Å². The first kappa shape index (κ1) is 9.86. The summed E-state index contributed by atoms with van der Waals surface area (Å²) in [7, 11) is -0.370. The smallest absolute Gasteiger partial charge is 0.143 e. The van der Waals surface area contributed by atoms with Crippen LogP contribution in [-0.4, -0.2) is 26.6 Å². The molecule has 5 heteroatoms. The van der Waals surface area contributed by atoms with E-state index in [0.29, 0.717) is 0 Å². The molecule has 0 saturated heterocycles. The lowest BCUT2D eigenvalue weighted by Gasteiger charge is -2.18. The minimum absolute atomic E-state index is 0.0357. The molecule has 2 rings (SSSR count). The quantitative estimate of drug-likeness (QED) is 0.772. The van der Waals surface area contributed by atoms with Crippen molar-refractivity contribution in [1.82, 2.24) is 0 Å². The summed E-state index contributed by atoms with van der Waals surface area (Å²) in [5, 5.41) is 0.0357. The maximum atomic E-state index is 10.6. The largest absolute Gasteiger partial charge is 0.360 e. The molecule has 1 aromatic rings. The Kier molecular flexibility index (Phi) is 2.69. The van der Waals surface area contributed by atoms with Gasteiger partial charge < -0.3 is 4.90 Å². The number of rotatable bonds is 2. The van der Waals surface area contributed by atoms with Crippen molar-refractivity contribution in [3.63, 3.8) is 0 Å². The third-order valence-corrected chi connectivity index (χ3v) is 4.49. The van der Waals surface area contributed by atoms with Crippen LogP contribution < -0.4 is 4.90 Å². The van der Waals surface area contributed by atoms with E-state index in [1.54, 1.807) is 11.8 Å². The van der Waals surface area contributed by atoms with Crippen LogP contribution in [0.2, 0.25) is 0 Å². The molecule has 0 spiro atoms. The fourth-order valence-electron chi connectivity index (χ4n) is 1.52. The van der Waals surface area contributed by atoms with Gasteiger partial charge in [-0.05, 0) is 12.1 Å². The number of thiol groups is 1. The Morgan fingerprint density at radius 3 is 2.79 bits per heavy atom. The van der Waals surface area contributed by atoms with Crippen LogP contribution in [0.15, 0.2) is 29.2 Å². The van der Waals surface area contributed by atoms with Crippen LogP contribution in [0, 0.1) is 0 Å². The first-order valence-corrected chi connectivity index (χ1v) is 6.53. The fourth-order valence-corrected chi connectivity index (χ4v) is 3.73. The van der Waals surface area contributed by atoms with Crippen molar-refractivity contribution in [2.45, 2.75) is 10.3 Å². The summed E-state index contributed by atoms with van der Waals surface area (Å²) in [6, 6.07) is 7.98. The van der Waals surface area contributed by atoms with Gasteiger partial charge in [-0.25, -0.2) is 8.42 Å². The highest BCUT2D eigenvalue weighted by Gasteiger charge is 2.27. The normalized spacial score (nSPS) is 20.1. The van der Waals surface area contributed by atoms with Gasteiger partial charge in [0.1, 0.15) is 10.7 Å². The predicted molar refractivity (Wildman–Crippen MR) is 59.7 cm³/mol. The molecule has 0 radical (unpaired) electrons. The van der Waals surface area contributed by atoms with Crippen LogP contribution in [-0.2, 0) is 10.7 Å². The van der Waals surface area contributed by atoms with Crippen LogP contribution in [0.4, 0.5) is 5.69 Å². The van der Waals surface area contributed by atoms with Crippen LogP contribution in [0.1, 0.15) is 0 Å². The number of nitrogens with zero attached hydrogens (tertiary/aromatic N) is 1. The first-order valence-electron chi connectivity index (χ1n) is 4.29. The molecular weight excluding hydrogens is 218 g/mol. The zero-order chi connectivity index (χ0) is 10.1. The van der Waals surface area contributed by atoms with Gasteiger partial charge in [-0.1, -0.05) is 23.9 Å². The lowest BCUT2D eigenvalue weighted by atomic mass is 10.3. The Balaban J connectivity index is 2.25. The average molecular weight is 229 g/mol. The van der Waals surface area contributed by atoms with E-state index in [0.717, 1.165) is 10.6 Å². The Morgan fingerprint density at radius 2 is 2.14 bits per heavy atom. The number of para-hydroxylation sites is 1. The van der Waals surface area contributed by atoms with Crippen molar-refractivity contribution in [3.8, 4) is 0 Å². The van der Waals surface area contributed by atoms with E-state index in [9.17, 15) is 8.42 Å². The third kappa shape index (κ3) is 1.74. The molecular formula is C9H11NO2S2. The summed E-state index contributed by atoms with van der Waals surface area (Å²) in [4.78, 5) is 3.18. The monoisotopic (exact) mass is 229 g/mol. The van der Waals surface area contributed by atoms with Crippen molar-refractivity contribution in [1.29, 1.82) is 0 Å². The molecule has 0 saturated carbocycles. The van der Waals surface area contributed by atoms with E-state index in [2.05, 4.69) is 0 Å². The fraction of sp³-hybridized carbons (Fsp3) is 0.333. The number of thioether (sulfide) groups is 1. The van der Waals surface area contributed by atoms with Gasteiger partial charge in [0.05, 0.1) is 16.8 Å². The van der Waals surface area contributed by atoms with Crippen LogP contribution in [0.3, 0.4) is 0 Å². The van der Waals surface area contributed by atoms with E-state index >= 15 is 0 Å². The van der Waals surface area contributed by atoms with E-state index in [1.807, 2.05) is 36.2 Å². The molecule has 1 aromatic carbocycles. The van der Waals surface area contributed by atoms with Crippen LogP contribution in [0.5, 0.6) is 0 Å². The predicted octanol–water partition coefficient (Wildman–Crippen LogP) is 1.17. The van der Waals surface area contributed by atoms with Gasteiger partial charge in [0.15, 0.2) is 0 Å². The Labute approximate surface area is 89.1 Å². The number of benzene rings is 1. The summed E-state index contributed by atoms with van der Waals surface area (Å²) in [5.41, 5.74) is 1.12. The number of hydrogen-bond acceptors (Lipinski definition) is 4. The summed E-state index contributed by atoms with van der Waals surface area (Å²) in [6.45, 7) is 0. The Hall–Kier alpha value is -0.680. The highest BCUT2D eigenvalue weighted by molar-refractivity contribution is 8.01. The second kappa shape index (κ2) is 3.82. The van der Waals surface area contributed by atoms with Gasteiger partial charge in [-0.2, -0.15) is 0 Å². The molecule has 0 aromatic heterocycles. The minimum Gasteiger partial charge on any atom is -0.360 e. The second-order valence-corrected chi connectivity index (χ2v) is 5.42. The van der Waals surface area contributed by atoms with Crippen molar-refractivity contribution in [3.05, 3.63) is 24.3 Å². The van der Waals surface area contributed by atoms with E-state index < -0.39 is 10.7 Å². The molecule has 0 fully saturated rings. The van der Waals surface area contributed by atoms with Crippen LogP contribution in [0.25, 0.3) is 0 Å². The molecule has 0 aliphatic carbocycles. The maximum Gasteiger partial charge on any atom is 0.143 e. The minimum atomic E-state index is -2.30. The summed E-state index contributed by atoms with van der Waals surface area (Å²) in [6.07, 6.45) is 0. The Morgan fingerprint density at radius 1 is 1.43 bits per heavy atom. The van der Waals surface area contributed by atoms with Crippen molar-refractivity contribution >= 4 is 28.2 Å². The number of hydrogen-bond donors (Lipinski definition) is 1. The molecule has 1 heterocycles. The molecule has 1 aliphatic rings. The van der Waals surface area contributed by atoms with Crippen molar-refractivity contribution in [2.24, 2.45) is 0 Å². The average Bonchev–Trinajstić information content (AvgIpc) is 2.44. The van der Waals surface area contributed by atoms with E-state index in [4.69, 9.17) is 0 Å². The SMILES string of the molecule is CN1c2ccccc2SC1C[SH](=O)=O. The molecule has 0 N–H and O–H groups in total. The summed E-state index contributed by atoms with van der Waals surface area (Å²) in [5.74, 6) is 0.213. The number of fused-ring (bicyclic) bond motifs is 1. The summed E-state index contributed by atoms with van der Waals surface area (Å²) < 4.78 is 21.3. The second-order valence-electron chi connectivity index (χ2n) is 3.17. The molecule has 76 valence electrons. The zero-order valence-corrected chi connectivity index (χ0v) is 9.42. The first-order chi connectivity index (χ1) is 6.68. The molecule has 0 bridgehead atoms. The number of anilines is 1. The molecule has 1 atom stereocenters. The third-order valence-electron chi connectivity index (χ3n) is 2.25. The molecule has 1 unspecified atom stereocenters. The highest BCUT2D eigenvalue weighted by atomic mass is 32.2. The lowest BCUT2D eigenvalue weighted by Crippen LogP contribution is -2.28.